The molecule has 0 amide bonds. The second kappa shape index (κ2) is 21.8. The maximum atomic E-state index is 5.47. The molecule has 0 saturated carbocycles. The summed E-state index contributed by atoms with van der Waals surface area (Å²) in [6, 6.07) is 0. The fourth-order valence-electron chi connectivity index (χ4n) is 2.39. The quantitative estimate of drug-likeness (QED) is 0.237. The molecule has 0 saturated heterocycles. The van der Waals surface area contributed by atoms with Crippen molar-refractivity contribution in [2.24, 2.45) is 5.73 Å². The molecular weight excluding hydrogens is 349 g/mol. The molecule has 0 fully saturated rings. The summed E-state index contributed by atoms with van der Waals surface area (Å²) in [7, 11) is 0. The monoisotopic (exact) mass is 389 g/mol. The molecule has 120 valence electrons. The summed E-state index contributed by atoms with van der Waals surface area (Å²) in [4.78, 5) is 0. The summed E-state index contributed by atoms with van der Waals surface area (Å²) in [6.45, 7) is 3.14. The molecule has 0 bridgehead atoms. The number of hydrogen-bond acceptors (Lipinski definition) is 1. The van der Waals surface area contributed by atoms with E-state index in [1.807, 2.05) is 0 Å². The van der Waals surface area contributed by atoms with Gasteiger partial charge in [-0.1, -0.05) is 76.9 Å². The van der Waals surface area contributed by atoms with Gasteiger partial charge in [0.2, 0.25) is 0 Å². The van der Waals surface area contributed by atoms with E-state index in [9.17, 15) is 0 Å². The van der Waals surface area contributed by atoms with Gasteiger partial charge in [0.15, 0.2) is 0 Å². The SMILES string of the molecule is CCCCCCCCC=CCCCCCCCCN.[SnH2]. The normalized spacial score (nSPS) is 10.9. The average molecular weight is 388 g/mol. The molecule has 0 aromatic rings. The van der Waals surface area contributed by atoms with Crippen molar-refractivity contribution in [1.29, 1.82) is 0 Å². The number of allylic oxidation sites excluding steroid dienone is 2. The van der Waals surface area contributed by atoms with E-state index >= 15 is 0 Å². The average Bonchev–Trinajstić information content (AvgIpc) is 2.43. The Kier molecular flexibility index (Phi) is 24.8. The Bertz CT molecular complexity index is 180. The summed E-state index contributed by atoms with van der Waals surface area (Å²) >= 11 is 0. The first kappa shape index (κ1) is 22.8. The molecule has 0 rings (SSSR count). The zero-order valence-corrected chi connectivity index (χ0v) is 18.1. The van der Waals surface area contributed by atoms with Crippen LogP contribution in [0, 0.1) is 0 Å². The molecule has 0 spiro atoms. The van der Waals surface area contributed by atoms with E-state index in [1.165, 1.54) is 89.9 Å². The molecule has 2 heteroatoms. The molecule has 0 aliphatic carbocycles. The van der Waals surface area contributed by atoms with Gasteiger partial charge in [-0.05, 0) is 38.6 Å². The Morgan fingerprint density at radius 2 is 1.00 bits per heavy atom. The van der Waals surface area contributed by atoms with Crippen molar-refractivity contribution < 1.29 is 0 Å². The summed E-state index contributed by atoms with van der Waals surface area (Å²) < 4.78 is 0. The van der Waals surface area contributed by atoms with Gasteiger partial charge in [-0.25, -0.2) is 0 Å². The van der Waals surface area contributed by atoms with Gasteiger partial charge >= 0.3 is 23.9 Å². The van der Waals surface area contributed by atoms with Crippen molar-refractivity contribution >= 4 is 23.9 Å². The van der Waals surface area contributed by atoms with Crippen molar-refractivity contribution in [2.45, 2.75) is 96.8 Å². The zero-order valence-electron chi connectivity index (χ0n) is 14.0. The van der Waals surface area contributed by atoms with Crippen molar-refractivity contribution in [3.05, 3.63) is 12.2 Å². The molecule has 0 aromatic heterocycles. The van der Waals surface area contributed by atoms with Crippen molar-refractivity contribution in [3.8, 4) is 0 Å². The van der Waals surface area contributed by atoms with Gasteiger partial charge in [-0.3, -0.25) is 0 Å². The van der Waals surface area contributed by atoms with Crippen LogP contribution in [0.15, 0.2) is 12.2 Å². The fraction of sp³-hybridized carbons (Fsp3) is 0.889. The number of rotatable bonds is 15. The Morgan fingerprint density at radius 3 is 1.45 bits per heavy atom. The molecule has 0 heterocycles. The van der Waals surface area contributed by atoms with Gasteiger partial charge < -0.3 is 5.73 Å². The van der Waals surface area contributed by atoms with Crippen LogP contribution in [0.25, 0.3) is 0 Å². The van der Waals surface area contributed by atoms with Crippen molar-refractivity contribution in [1.82, 2.24) is 0 Å². The standard InChI is InChI=1S/C18H37N.Sn.2H/c1-2-3-4-5-6-7-8-9-10-11-12-13-14-15-16-17-18-19;;;/h9-10H,2-8,11-19H2,1H3;;;. The molecule has 0 aromatic carbocycles. The minimum atomic E-state index is 0. The van der Waals surface area contributed by atoms with Gasteiger partial charge in [-0.15, -0.1) is 0 Å². The fourth-order valence-corrected chi connectivity index (χ4v) is 2.39. The van der Waals surface area contributed by atoms with Gasteiger partial charge in [-0.2, -0.15) is 0 Å². The van der Waals surface area contributed by atoms with Gasteiger partial charge in [0.05, 0.1) is 0 Å². The van der Waals surface area contributed by atoms with Crippen molar-refractivity contribution in [3.63, 3.8) is 0 Å². The number of nitrogens with two attached hydrogens (primary N) is 1. The minimum absolute atomic E-state index is 0. The van der Waals surface area contributed by atoms with Crippen LogP contribution in [-0.2, 0) is 0 Å². The van der Waals surface area contributed by atoms with Gasteiger partial charge in [0, 0.05) is 0 Å². The molecule has 0 aliphatic heterocycles. The predicted molar refractivity (Wildman–Crippen MR) is 97.1 cm³/mol. The molecular formula is C18H39NSn. The van der Waals surface area contributed by atoms with E-state index in [0.29, 0.717) is 0 Å². The Hall–Kier alpha value is 0.499. The van der Waals surface area contributed by atoms with Crippen LogP contribution in [0.5, 0.6) is 0 Å². The van der Waals surface area contributed by atoms with Crippen LogP contribution < -0.4 is 5.73 Å². The number of unbranched alkanes of at least 4 members (excludes halogenated alkanes) is 12. The maximum absolute atomic E-state index is 5.47. The summed E-state index contributed by atoms with van der Waals surface area (Å²) in [6.07, 6.45) is 23.9. The summed E-state index contributed by atoms with van der Waals surface area (Å²) in [5, 5.41) is 0. The zero-order chi connectivity index (χ0) is 14.0. The second-order valence-corrected chi connectivity index (χ2v) is 5.73. The van der Waals surface area contributed by atoms with E-state index < -0.39 is 0 Å². The predicted octanol–water partition coefficient (Wildman–Crippen LogP) is 5.07. The summed E-state index contributed by atoms with van der Waals surface area (Å²) in [5.74, 6) is 0. The van der Waals surface area contributed by atoms with Crippen molar-refractivity contribution in [2.75, 3.05) is 6.54 Å². The Morgan fingerprint density at radius 1 is 0.600 bits per heavy atom. The third-order valence-electron chi connectivity index (χ3n) is 3.72. The van der Waals surface area contributed by atoms with E-state index in [1.54, 1.807) is 0 Å². The summed E-state index contributed by atoms with van der Waals surface area (Å²) in [5.41, 5.74) is 5.47. The topological polar surface area (TPSA) is 26.0 Å². The first-order valence-corrected chi connectivity index (χ1v) is 8.77. The van der Waals surface area contributed by atoms with Gasteiger partial charge in [0.1, 0.15) is 0 Å². The van der Waals surface area contributed by atoms with Crippen LogP contribution in [0.1, 0.15) is 96.8 Å². The van der Waals surface area contributed by atoms with Crippen LogP contribution in [0.2, 0.25) is 0 Å². The van der Waals surface area contributed by atoms with Crippen LogP contribution in [-0.4, -0.2) is 30.5 Å². The van der Waals surface area contributed by atoms with E-state index in [4.69, 9.17) is 5.73 Å². The van der Waals surface area contributed by atoms with Crippen LogP contribution >= 0.6 is 0 Å². The Labute approximate surface area is 145 Å². The van der Waals surface area contributed by atoms with E-state index in [0.717, 1.165) is 6.54 Å². The van der Waals surface area contributed by atoms with Crippen LogP contribution in [0.4, 0.5) is 0 Å². The van der Waals surface area contributed by atoms with E-state index in [-0.39, 0.29) is 23.9 Å². The molecule has 0 aliphatic rings. The third kappa shape index (κ3) is 20.8. The number of hydrogen-bond donors (Lipinski definition) is 1. The first-order chi connectivity index (χ1) is 9.41. The first-order valence-electron chi connectivity index (χ1n) is 8.77. The molecule has 20 heavy (non-hydrogen) atoms. The third-order valence-corrected chi connectivity index (χ3v) is 3.72. The molecule has 0 atom stereocenters. The van der Waals surface area contributed by atoms with Crippen LogP contribution in [0.3, 0.4) is 0 Å². The van der Waals surface area contributed by atoms with E-state index in [2.05, 4.69) is 19.1 Å². The molecule has 2 N–H and O–H groups in total. The molecule has 2 radical (unpaired) electrons. The molecule has 1 nitrogen and oxygen atoms in total. The van der Waals surface area contributed by atoms with Gasteiger partial charge in [0.25, 0.3) is 0 Å². The second-order valence-electron chi connectivity index (χ2n) is 5.73. The Balaban J connectivity index is 0. The molecule has 0 unspecified atom stereocenters.